The Morgan fingerprint density at radius 3 is 1.17 bits per heavy atom. The monoisotopic (exact) mass is 387 g/mol. The maximum absolute atomic E-state index is 6.48. The minimum atomic E-state index is 0.799. The molecule has 146 valence electrons. The van der Waals surface area contributed by atoms with Crippen molar-refractivity contribution in [3.63, 3.8) is 0 Å². The van der Waals surface area contributed by atoms with E-state index in [2.05, 4.69) is 41.3 Å². The van der Waals surface area contributed by atoms with E-state index in [1.165, 1.54) is 5.69 Å². The lowest BCUT2D eigenvalue weighted by Gasteiger charge is -2.14. The number of hydrogen-bond donors (Lipinski definition) is 0. The van der Waals surface area contributed by atoms with E-state index in [0.29, 0.717) is 0 Å². The minimum Gasteiger partial charge on any atom is -0.378 e. The Hall–Kier alpha value is -3.52. The second-order valence-corrected chi connectivity index (χ2v) is 7.12. The molecular weight excluding hydrogens is 361 g/mol. The molecule has 0 saturated heterocycles. The van der Waals surface area contributed by atoms with Gasteiger partial charge in [0.05, 0.1) is 0 Å². The number of benzene rings is 4. The third-order valence-electron chi connectivity index (χ3n) is 4.75. The van der Waals surface area contributed by atoms with Gasteiger partial charge in [-0.05, 0) is 34.4 Å². The molecule has 4 aromatic rings. The summed E-state index contributed by atoms with van der Waals surface area (Å²) in [6, 6.07) is 40.9. The molecule has 0 amide bonds. The first-order chi connectivity index (χ1) is 14.7. The molecule has 0 spiro atoms. The van der Waals surface area contributed by atoms with Gasteiger partial charge < -0.3 is 4.90 Å². The van der Waals surface area contributed by atoms with Gasteiger partial charge in [0.1, 0.15) is 7.85 Å². The van der Waals surface area contributed by atoms with Crippen molar-refractivity contribution < 1.29 is 0 Å². The van der Waals surface area contributed by atoms with Crippen LogP contribution in [0.25, 0.3) is 11.0 Å². The molecule has 30 heavy (non-hydrogen) atoms. The van der Waals surface area contributed by atoms with Crippen LogP contribution in [0.5, 0.6) is 0 Å². The summed E-state index contributed by atoms with van der Waals surface area (Å²) < 4.78 is 0. The average molecular weight is 387 g/mol. The molecule has 0 unspecified atom stereocenters. The van der Waals surface area contributed by atoms with Gasteiger partial charge in [-0.2, -0.15) is 0 Å². The fraction of sp³-hybridized carbons (Fsp3) is 0.0714. The van der Waals surface area contributed by atoms with Crippen molar-refractivity contribution in [1.29, 1.82) is 0 Å². The van der Waals surface area contributed by atoms with Crippen LogP contribution in [0, 0.1) is 0 Å². The van der Waals surface area contributed by atoms with E-state index in [4.69, 9.17) is 7.85 Å². The lowest BCUT2D eigenvalue weighted by atomic mass is 9.79. The molecule has 4 rings (SSSR count). The molecule has 0 bridgehead atoms. The Morgan fingerprint density at radius 2 is 0.833 bits per heavy atom. The maximum Gasteiger partial charge on any atom is 0.115 e. The summed E-state index contributed by atoms with van der Waals surface area (Å²) in [6.07, 6.45) is 0. The third kappa shape index (κ3) is 5.74. The number of nitrogens with zero attached hydrogens (tertiary/aromatic N) is 1. The molecular formula is C28H26BN. The van der Waals surface area contributed by atoms with Crippen molar-refractivity contribution in [3.8, 4) is 0 Å². The zero-order valence-electron chi connectivity index (χ0n) is 17.6. The molecule has 0 heterocycles. The first-order valence-corrected chi connectivity index (χ1v) is 10.0. The van der Waals surface area contributed by atoms with E-state index in [0.717, 1.165) is 27.7 Å². The second kappa shape index (κ2) is 10.9. The van der Waals surface area contributed by atoms with E-state index in [9.17, 15) is 0 Å². The Morgan fingerprint density at radius 1 is 0.500 bits per heavy atom. The van der Waals surface area contributed by atoms with Crippen LogP contribution < -0.4 is 4.90 Å². The van der Waals surface area contributed by atoms with Crippen molar-refractivity contribution in [1.82, 2.24) is 0 Å². The van der Waals surface area contributed by atoms with Gasteiger partial charge in [-0.1, -0.05) is 115 Å². The highest BCUT2D eigenvalue weighted by Crippen LogP contribution is 2.30. The highest BCUT2D eigenvalue weighted by Gasteiger charge is 2.09. The molecule has 0 saturated carbocycles. The molecule has 2 heteroatoms. The standard InChI is InChI=1S/C20H15B.C8H11N/c21-20(18-14-8-3-9-15-18)19(16-10-4-1-5-11-16)17-12-6-2-7-13-17;1-9(2)8-6-4-3-5-7-8/h1-15H;3-7H,1-2H3. The normalized spacial score (nSPS) is 9.80. The Kier molecular flexibility index (Phi) is 7.68. The Labute approximate surface area is 181 Å². The highest BCUT2D eigenvalue weighted by atomic mass is 15.1. The fourth-order valence-electron chi connectivity index (χ4n) is 3.18. The first kappa shape index (κ1) is 21.2. The van der Waals surface area contributed by atoms with Gasteiger partial charge >= 0.3 is 0 Å². The van der Waals surface area contributed by atoms with Crippen molar-refractivity contribution in [2.24, 2.45) is 0 Å². The molecule has 0 aromatic heterocycles. The van der Waals surface area contributed by atoms with Crippen LogP contribution in [0.3, 0.4) is 0 Å². The van der Waals surface area contributed by atoms with Crippen LogP contribution in [0.4, 0.5) is 5.69 Å². The number of para-hydroxylation sites is 1. The summed E-state index contributed by atoms with van der Waals surface area (Å²) >= 11 is 0. The van der Waals surface area contributed by atoms with E-state index < -0.39 is 0 Å². The molecule has 0 N–H and O–H groups in total. The third-order valence-corrected chi connectivity index (χ3v) is 4.75. The summed E-state index contributed by atoms with van der Waals surface area (Å²) in [4.78, 5) is 2.08. The molecule has 1 nitrogen and oxygen atoms in total. The van der Waals surface area contributed by atoms with Gasteiger partial charge in [0, 0.05) is 19.8 Å². The predicted octanol–water partition coefficient (Wildman–Crippen LogP) is 6.52. The molecule has 0 aliphatic rings. The lowest BCUT2D eigenvalue weighted by molar-refractivity contribution is 1.13. The van der Waals surface area contributed by atoms with Gasteiger partial charge in [0.25, 0.3) is 0 Å². The van der Waals surface area contributed by atoms with Gasteiger partial charge in [0.2, 0.25) is 0 Å². The summed E-state index contributed by atoms with van der Waals surface area (Å²) in [5.41, 5.74) is 6.42. The minimum absolute atomic E-state index is 0.799. The molecule has 0 aliphatic carbocycles. The van der Waals surface area contributed by atoms with Crippen LogP contribution in [-0.4, -0.2) is 21.9 Å². The van der Waals surface area contributed by atoms with Gasteiger partial charge in [-0.15, -0.1) is 0 Å². The van der Waals surface area contributed by atoms with Gasteiger partial charge in [0.15, 0.2) is 0 Å². The summed E-state index contributed by atoms with van der Waals surface area (Å²) in [7, 11) is 10.6. The summed E-state index contributed by atoms with van der Waals surface area (Å²) in [5, 5.41) is 0. The van der Waals surface area contributed by atoms with Crippen molar-refractivity contribution in [2.45, 2.75) is 0 Å². The largest absolute Gasteiger partial charge is 0.378 e. The number of rotatable bonds is 4. The molecule has 4 aromatic carbocycles. The van der Waals surface area contributed by atoms with E-state index >= 15 is 0 Å². The average Bonchev–Trinajstić information content (AvgIpc) is 2.82. The van der Waals surface area contributed by atoms with Crippen LogP contribution in [0.1, 0.15) is 16.7 Å². The number of anilines is 1. The molecule has 0 aliphatic heterocycles. The van der Waals surface area contributed by atoms with E-state index in [1.54, 1.807) is 0 Å². The van der Waals surface area contributed by atoms with Crippen molar-refractivity contribution in [3.05, 3.63) is 138 Å². The zero-order chi connectivity index (χ0) is 21.2. The quantitative estimate of drug-likeness (QED) is 0.284. The van der Waals surface area contributed by atoms with Gasteiger partial charge in [-0.25, -0.2) is 0 Å². The zero-order valence-corrected chi connectivity index (χ0v) is 17.6. The topological polar surface area (TPSA) is 3.24 Å². The van der Waals surface area contributed by atoms with Crippen LogP contribution in [0.2, 0.25) is 0 Å². The van der Waals surface area contributed by atoms with Crippen molar-refractivity contribution >= 4 is 24.6 Å². The summed E-state index contributed by atoms with van der Waals surface area (Å²) in [5.74, 6) is 0. The lowest BCUT2D eigenvalue weighted by Crippen LogP contribution is -2.07. The van der Waals surface area contributed by atoms with Crippen LogP contribution in [-0.2, 0) is 0 Å². The van der Waals surface area contributed by atoms with Gasteiger partial charge in [-0.3, -0.25) is 0 Å². The Balaban J connectivity index is 0.000000239. The van der Waals surface area contributed by atoms with E-state index in [1.807, 2.05) is 99.0 Å². The number of hydrogen-bond acceptors (Lipinski definition) is 1. The van der Waals surface area contributed by atoms with E-state index in [-0.39, 0.29) is 0 Å². The smallest absolute Gasteiger partial charge is 0.115 e. The van der Waals surface area contributed by atoms with Crippen LogP contribution in [0.15, 0.2) is 121 Å². The fourth-order valence-corrected chi connectivity index (χ4v) is 3.18. The Bertz CT molecular complexity index is 999. The van der Waals surface area contributed by atoms with Crippen LogP contribution >= 0.6 is 0 Å². The predicted molar refractivity (Wildman–Crippen MR) is 132 cm³/mol. The highest BCUT2D eigenvalue weighted by molar-refractivity contribution is 6.47. The molecule has 0 fully saturated rings. The maximum atomic E-state index is 6.48. The first-order valence-electron chi connectivity index (χ1n) is 10.0. The molecule has 2 radical (unpaired) electrons. The second-order valence-electron chi connectivity index (χ2n) is 7.12. The SMILES string of the molecule is CN(C)c1ccccc1.[B]C(=C(c1ccccc1)c1ccccc1)c1ccccc1. The van der Waals surface area contributed by atoms with Crippen molar-refractivity contribution in [2.75, 3.05) is 19.0 Å². The summed E-state index contributed by atoms with van der Waals surface area (Å²) in [6.45, 7) is 0. The molecule has 0 atom stereocenters.